The van der Waals surface area contributed by atoms with Crippen LogP contribution in [0.1, 0.15) is 28.7 Å². The Bertz CT molecular complexity index is 535. The molecule has 2 aromatic heterocycles. The summed E-state index contributed by atoms with van der Waals surface area (Å²) >= 11 is 1.42. The van der Waals surface area contributed by atoms with E-state index in [1.54, 1.807) is 4.68 Å². The summed E-state index contributed by atoms with van der Waals surface area (Å²) in [6.45, 7) is 3.83. The van der Waals surface area contributed by atoms with Gasteiger partial charge >= 0.3 is 0 Å². The zero-order valence-corrected chi connectivity index (χ0v) is 11.5. The number of aromatic nitrogens is 2. The van der Waals surface area contributed by atoms with E-state index in [9.17, 15) is 4.79 Å². The number of thiophene rings is 1. The Balaban J connectivity index is 2.26. The average molecular weight is 267 g/mol. The largest absolute Gasteiger partial charge is 0.394 e. The first-order valence-electron chi connectivity index (χ1n) is 5.91. The molecular formula is C12H17N3O2S. The molecule has 0 aliphatic rings. The Morgan fingerprint density at radius 2 is 2.39 bits per heavy atom. The predicted octanol–water partition coefficient (Wildman–Crippen LogP) is 1.44. The maximum atomic E-state index is 12.0. The van der Waals surface area contributed by atoms with E-state index in [1.165, 1.54) is 11.3 Å². The van der Waals surface area contributed by atoms with E-state index in [-0.39, 0.29) is 18.6 Å². The quantitative estimate of drug-likeness (QED) is 0.881. The number of fused-ring (bicyclic) bond motifs is 1. The zero-order valence-electron chi connectivity index (χ0n) is 10.7. The van der Waals surface area contributed by atoms with Crippen molar-refractivity contribution in [3.8, 4) is 0 Å². The lowest BCUT2D eigenvalue weighted by Crippen LogP contribution is -2.36. The van der Waals surface area contributed by atoms with Crippen LogP contribution in [0.4, 0.5) is 0 Å². The van der Waals surface area contributed by atoms with E-state index in [0.717, 1.165) is 15.9 Å². The van der Waals surface area contributed by atoms with Gasteiger partial charge in [-0.1, -0.05) is 6.92 Å². The maximum Gasteiger partial charge on any atom is 0.261 e. The van der Waals surface area contributed by atoms with Crippen LogP contribution in [0.5, 0.6) is 0 Å². The summed E-state index contributed by atoms with van der Waals surface area (Å²) in [5.74, 6) is -0.128. The number of carbonyl (C=O) groups excluding carboxylic acids is 1. The number of aliphatic hydroxyl groups excluding tert-OH is 1. The Morgan fingerprint density at radius 3 is 2.94 bits per heavy atom. The van der Waals surface area contributed by atoms with Crippen LogP contribution in [-0.2, 0) is 7.05 Å². The number of nitrogens with zero attached hydrogens (tertiary/aromatic N) is 2. The van der Waals surface area contributed by atoms with Crippen molar-refractivity contribution < 1.29 is 9.90 Å². The normalized spacial score (nSPS) is 12.9. The van der Waals surface area contributed by atoms with Crippen LogP contribution in [0.25, 0.3) is 10.2 Å². The molecule has 0 bridgehead atoms. The molecule has 0 aliphatic heterocycles. The fourth-order valence-corrected chi connectivity index (χ4v) is 2.88. The second-order valence-electron chi connectivity index (χ2n) is 4.30. The summed E-state index contributed by atoms with van der Waals surface area (Å²) in [6, 6.07) is 1.68. The monoisotopic (exact) mass is 267 g/mol. The summed E-state index contributed by atoms with van der Waals surface area (Å²) < 4.78 is 1.79. The van der Waals surface area contributed by atoms with Gasteiger partial charge in [0.05, 0.1) is 23.2 Å². The molecular weight excluding hydrogens is 250 g/mol. The Hall–Kier alpha value is -1.40. The lowest BCUT2D eigenvalue weighted by Gasteiger charge is -2.12. The van der Waals surface area contributed by atoms with Crippen LogP contribution in [0, 0.1) is 6.92 Å². The average Bonchev–Trinajstić information content (AvgIpc) is 2.89. The summed E-state index contributed by atoms with van der Waals surface area (Å²) in [5, 5.41) is 17.2. The third-order valence-corrected chi connectivity index (χ3v) is 4.17. The Kier molecular flexibility index (Phi) is 3.68. The third-order valence-electron chi connectivity index (χ3n) is 2.97. The van der Waals surface area contributed by atoms with E-state index < -0.39 is 0 Å². The van der Waals surface area contributed by atoms with E-state index in [0.29, 0.717) is 11.3 Å². The third kappa shape index (κ3) is 2.26. The minimum absolute atomic E-state index is 0.0340. The van der Waals surface area contributed by atoms with Crippen molar-refractivity contribution in [1.29, 1.82) is 0 Å². The van der Waals surface area contributed by atoms with Gasteiger partial charge < -0.3 is 10.4 Å². The maximum absolute atomic E-state index is 12.0. The SMILES string of the molecule is CC[C@H](CO)NC(=O)c1cc2c(C)nn(C)c2s1. The second kappa shape index (κ2) is 5.07. The van der Waals surface area contributed by atoms with Gasteiger partial charge in [0.1, 0.15) is 4.83 Å². The molecule has 5 nitrogen and oxygen atoms in total. The van der Waals surface area contributed by atoms with Crippen molar-refractivity contribution in [3.05, 3.63) is 16.6 Å². The number of carbonyl (C=O) groups is 1. The molecule has 0 unspecified atom stereocenters. The number of aliphatic hydroxyl groups is 1. The second-order valence-corrected chi connectivity index (χ2v) is 5.33. The van der Waals surface area contributed by atoms with Crippen LogP contribution < -0.4 is 5.32 Å². The fraction of sp³-hybridized carbons (Fsp3) is 0.500. The van der Waals surface area contributed by atoms with Gasteiger partial charge in [0.25, 0.3) is 5.91 Å². The molecule has 6 heteroatoms. The molecule has 0 fully saturated rings. The molecule has 0 radical (unpaired) electrons. The zero-order chi connectivity index (χ0) is 13.3. The number of hydrogen-bond donors (Lipinski definition) is 2. The molecule has 2 N–H and O–H groups in total. The van der Waals surface area contributed by atoms with Crippen LogP contribution in [0.15, 0.2) is 6.07 Å². The molecule has 0 saturated heterocycles. The number of amides is 1. The topological polar surface area (TPSA) is 67.2 Å². The van der Waals surface area contributed by atoms with E-state index in [1.807, 2.05) is 27.0 Å². The van der Waals surface area contributed by atoms with Crippen molar-refractivity contribution in [2.24, 2.45) is 7.05 Å². The lowest BCUT2D eigenvalue weighted by molar-refractivity contribution is 0.0919. The van der Waals surface area contributed by atoms with Crippen molar-refractivity contribution in [2.75, 3.05) is 6.61 Å². The number of aryl methyl sites for hydroxylation is 2. The summed E-state index contributed by atoms with van der Waals surface area (Å²) in [4.78, 5) is 13.7. The molecule has 98 valence electrons. The molecule has 0 saturated carbocycles. The van der Waals surface area contributed by atoms with Gasteiger partial charge in [0.2, 0.25) is 0 Å². The van der Waals surface area contributed by atoms with Crippen molar-refractivity contribution >= 4 is 27.5 Å². The van der Waals surface area contributed by atoms with Crippen LogP contribution >= 0.6 is 11.3 Å². The molecule has 18 heavy (non-hydrogen) atoms. The summed E-state index contributed by atoms with van der Waals surface area (Å²) in [7, 11) is 1.87. The van der Waals surface area contributed by atoms with Crippen molar-refractivity contribution in [2.45, 2.75) is 26.3 Å². The van der Waals surface area contributed by atoms with E-state index >= 15 is 0 Å². The summed E-state index contributed by atoms with van der Waals surface area (Å²) in [6.07, 6.45) is 0.716. The number of nitrogens with one attached hydrogen (secondary N) is 1. The van der Waals surface area contributed by atoms with E-state index in [2.05, 4.69) is 10.4 Å². The highest BCUT2D eigenvalue weighted by Gasteiger charge is 2.17. The first kappa shape index (κ1) is 13.0. The van der Waals surface area contributed by atoms with Gasteiger partial charge in [-0.05, 0) is 19.4 Å². The van der Waals surface area contributed by atoms with Gasteiger partial charge in [-0.25, -0.2) is 0 Å². The first-order chi connectivity index (χ1) is 8.56. The molecule has 2 rings (SSSR count). The van der Waals surface area contributed by atoms with Crippen molar-refractivity contribution in [3.63, 3.8) is 0 Å². The van der Waals surface area contributed by atoms with Gasteiger partial charge in [-0.15, -0.1) is 11.3 Å². The van der Waals surface area contributed by atoms with Crippen LogP contribution in [-0.4, -0.2) is 33.4 Å². The Morgan fingerprint density at radius 1 is 1.67 bits per heavy atom. The minimum atomic E-state index is -0.179. The predicted molar refractivity (Wildman–Crippen MR) is 72.0 cm³/mol. The van der Waals surface area contributed by atoms with Gasteiger partial charge in [-0.3, -0.25) is 9.48 Å². The highest BCUT2D eigenvalue weighted by atomic mass is 32.1. The molecule has 1 atom stereocenters. The lowest BCUT2D eigenvalue weighted by atomic mass is 10.2. The highest BCUT2D eigenvalue weighted by molar-refractivity contribution is 7.20. The van der Waals surface area contributed by atoms with E-state index in [4.69, 9.17) is 5.11 Å². The molecule has 0 spiro atoms. The molecule has 0 aliphatic carbocycles. The highest BCUT2D eigenvalue weighted by Crippen LogP contribution is 2.27. The molecule has 2 heterocycles. The molecule has 0 aromatic carbocycles. The number of rotatable bonds is 4. The van der Waals surface area contributed by atoms with Crippen LogP contribution in [0.3, 0.4) is 0 Å². The molecule has 1 amide bonds. The first-order valence-corrected chi connectivity index (χ1v) is 6.73. The van der Waals surface area contributed by atoms with Gasteiger partial charge in [-0.2, -0.15) is 5.10 Å². The smallest absolute Gasteiger partial charge is 0.261 e. The minimum Gasteiger partial charge on any atom is -0.394 e. The summed E-state index contributed by atoms with van der Waals surface area (Å²) in [5.41, 5.74) is 0.928. The Labute approximate surface area is 109 Å². The van der Waals surface area contributed by atoms with Gasteiger partial charge in [0, 0.05) is 12.4 Å². The fourth-order valence-electron chi connectivity index (χ4n) is 1.85. The number of hydrogen-bond acceptors (Lipinski definition) is 4. The van der Waals surface area contributed by atoms with Gasteiger partial charge in [0.15, 0.2) is 0 Å². The van der Waals surface area contributed by atoms with Crippen molar-refractivity contribution in [1.82, 2.24) is 15.1 Å². The van der Waals surface area contributed by atoms with Crippen LogP contribution in [0.2, 0.25) is 0 Å². The standard InChI is InChI=1S/C12H17N3O2S/c1-4-8(6-16)13-11(17)10-5-9-7(2)14-15(3)12(9)18-10/h5,8,16H,4,6H2,1-3H3,(H,13,17)/t8-/m1/s1. The molecule has 2 aromatic rings.